The highest BCUT2D eigenvalue weighted by Gasteiger charge is 2.24. The summed E-state index contributed by atoms with van der Waals surface area (Å²) in [4.78, 5) is 14.4. The van der Waals surface area contributed by atoms with Crippen molar-refractivity contribution in [2.24, 2.45) is 0 Å². The summed E-state index contributed by atoms with van der Waals surface area (Å²) in [5.74, 6) is 0.752. The van der Waals surface area contributed by atoms with Crippen LogP contribution in [0.5, 0.6) is 5.75 Å². The first-order valence-electron chi connectivity index (χ1n) is 7.32. The molecule has 21 heavy (non-hydrogen) atoms. The van der Waals surface area contributed by atoms with Crippen LogP contribution in [0, 0.1) is 6.92 Å². The third kappa shape index (κ3) is 2.92. The average molecular weight is 281 g/mol. The third-order valence-electron chi connectivity index (χ3n) is 3.83. The minimum atomic E-state index is 0.0223. The van der Waals surface area contributed by atoms with Gasteiger partial charge in [0.1, 0.15) is 5.75 Å². The topological polar surface area (TPSA) is 29.5 Å². The summed E-state index contributed by atoms with van der Waals surface area (Å²) >= 11 is 0. The highest BCUT2D eigenvalue weighted by molar-refractivity contribution is 5.96. The summed E-state index contributed by atoms with van der Waals surface area (Å²) in [6, 6.07) is 15.7. The van der Waals surface area contributed by atoms with Crippen molar-refractivity contribution in [3.8, 4) is 5.75 Å². The van der Waals surface area contributed by atoms with Gasteiger partial charge in [-0.15, -0.1) is 0 Å². The molecule has 0 unspecified atom stereocenters. The average Bonchev–Trinajstić information content (AvgIpc) is 2.53. The van der Waals surface area contributed by atoms with E-state index in [0.29, 0.717) is 0 Å². The van der Waals surface area contributed by atoms with Crippen molar-refractivity contribution < 1.29 is 9.53 Å². The Labute approximate surface area is 125 Å². The Morgan fingerprint density at radius 2 is 1.95 bits per heavy atom. The zero-order valence-electron chi connectivity index (χ0n) is 12.2. The molecule has 0 saturated carbocycles. The minimum Gasteiger partial charge on any atom is -0.484 e. The summed E-state index contributed by atoms with van der Waals surface area (Å²) in [5, 5.41) is 0. The molecule has 0 bridgehead atoms. The molecule has 0 radical (unpaired) electrons. The van der Waals surface area contributed by atoms with Crippen LogP contribution in [0.4, 0.5) is 5.69 Å². The number of carbonyl (C=O) groups is 1. The first-order valence-corrected chi connectivity index (χ1v) is 7.32. The molecule has 0 fully saturated rings. The Morgan fingerprint density at radius 3 is 2.76 bits per heavy atom. The van der Waals surface area contributed by atoms with Gasteiger partial charge in [0.05, 0.1) is 0 Å². The highest BCUT2D eigenvalue weighted by Crippen LogP contribution is 2.30. The van der Waals surface area contributed by atoms with E-state index in [1.165, 1.54) is 5.56 Å². The molecule has 1 aliphatic heterocycles. The van der Waals surface area contributed by atoms with Gasteiger partial charge in [-0.1, -0.05) is 36.4 Å². The maximum absolute atomic E-state index is 12.5. The molecule has 0 aliphatic carbocycles. The summed E-state index contributed by atoms with van der Waals surface area (Å²) in [5.41, 5.74) is 3.49. The van der Waals surface area contributed by atoms with Crippen molar-refractivity contribution in [2.75, 3.05) is 18.1 Å². The lowest BCUT2D eigenvalue weighted by Gasteiger charge is -2.31. The van der Waals surface area contributed by atoms with Gasteiger partial charge in [0.2, 0.25) is 0 Å². The summed E-state index contributed by atoms with van der Waals surface area (Å²) < 4.78 is 5.58. The van der Waals surface area contributed by atoms with Crippen molar-refractivity contribution in [3.63, 3.8) is 0 Å². The van der Waals surface area contributed by atoms with Crippen LogP contribution in [-0.4, -0.2) is 19.1 Å². The maximum atomic E-state index is 12.5. The number of anilines is 1. The second kappa shape index (κ2) is 6.00. The van der Waals surface area contributed by atoms with Gasteiger partial charge in [0.15, 0.2) is 6.61 Å². The zero-order valence-corrected chi connectivity index (χ0v) is 12.2. The Morgan fingerprint density at radius 1 is 1.14 bits per heavy atom. The number of carbonyl (C=O) groups excluding carboxylic acids is 1. The lowest BCUT2D eigenvalue weighted by atomic mass is 9.98. The van der Waals surface area contributed by atoms with Crippen LogP contribution < -0.4 is 9.64 Å². The first-order chi connectivity index (χ1) is 10.3. The molecule has 3 rings (SSSR count). The molecule has 1 heterocycles. The van der Waals surface area contributed by atoms with E-state index in [1.54, 1.807) is 0 Å². The van der Waals surface area contributed by atoms with E-state index in [-0.39, 0.29) is 12.5 Å². The van der Waals surface area contributed by atoms with Crippen molar-refractivity contribution >= 4 is 11.6 Å². The van der Waals surface area contributed by atoms with Crippen LogP contribution in [0.25, 0.3) is 0 Å². The van der Waals surface area contributed by atoms with E-state index in [4.69, 9.17) is 4.74 Å². The Hall–Kier alpha value is -2.29. The van der Waals surface area contributed by atoms with Crippen molar-refractivity contribution in [3.05, 3.63) is 59.7 Å². The number of para-hydroxylation sites is 2. The number of aryl methyl sites for hydroxylation is 2. The number of rotatable bonds is 3. The van der Waals surface area contributed by atoms with E-state index < -0.39 is 0 Å². The summed E-state index contributed by atoms with van der Waals surface area (Å²) in [6.45, 7) is 2.91. The zero-order chi connectivity index (χ0) is 14.7. The van der Waals surface area contributed by atoms with Crippen LogP contribution in [0.3, 0.4) is 0 Å². The van der Waals surface area contributed by atoms with Crippen LogP contribution in [0.15, 0.2) is 48.5 Å². The quantitative estimate of drug-likeness (QED) is 0.863. The van der Waals surface area contributed by atoms with Gasteiger partial charge in [0, 0.05) is 12.2 Å². The fourth-order valence-electron chi connectivity index (χ4n) is 2.84. The van der Waals surface area contributed by atoms with E-state index in [2.05, 4.69) is 25.1 Å². The van der Waals surface area contributed by atoms with Crippen molar-refractivity contribution in [1.29, 1.82) is 0 Å². The molecular weight excluding hydrogens is 262 g/mol. The SMILES string of the molecule is Cc1cccc2c1N(C(=O)COc1ccccc1)CCC2. The molecule has 0 spiro atoms. The highest BCUT2D eigenvalue weighted by atomic mass is 16.5. The molecule has 1 aliphatic rings. The van der Waals surface area contributed by atoms with Gasteiger partial charge in [-0.05, 0) is 43.0 Å². The van der Waals surface area contributed by atoms with Crippen molar-refractivity contribution in [1.82, 2.24) is 0 Å². The predicted octanol–water partition coefficient (Wildman–Crippen LogP) is 3.35. The first kappa shape index (κ1) is 13.7. The number of fused-ring (bicyclic) bond motifs is 1. The van der Waals surface area contributed by atoms with E-state index >= 15 is 0 Å². The van der Waals surface area contributed by atoms with Crippen LogP contribution in [0.1, 0.15) is 17.5 Å². The lowest BCUT2D eigenvalue weighted by molar-refractivity contribution is -0.120. The van der Waals surface area contributed by atoms with Gasteiger partial charge in [0.25, 0.3) is 5.91 Å². The van der Waals surface area contributed by atoms with E-state index in [1.807, 2.05) is 35.2 Å². The minimum absolute atomic E-state index is 0.0223. The largest absolute Gasteiger partial charge is 0.484 e. The molecular formula is C18H19NO2. The van der Waals surface area contributed by atoms with Crippen LogP contribution >= 0.6 is 0 Å². The van der Waals surface area contributed by atoms with E-state index in [9.17, 15) is 4.79 Å². The van der Waals surface area contributed by atoms with Crippen molar-refractivity contribution in [2.45, 2.75) is 19.8 Å². The normalized spacial score (nSPS) is 13.7. The molecule has 0 aromatic heterocycles. The van der Waals surface area contributed by atoms with E-state index in [0.717, 1.165) is 36.4 Å². The number of benzene rings is 2. The fourth-order valence-corrected chi connectivity index (χ4v) is 2.84. The number of hydrogen-bond acceptors (Lipinski definition) is 2. The smallest absolute Gasteiger partial charge is 0.264 e. The number of ether oxygens (including phenoxy) is 1. The lowest BCUT2D eigenvalue weighted by Crippen LogP contribution is -2.39. The van der Waals surface area contributed by atoms with Crippen LogP contribution in [0.2, 0.25) is 0 Å². The molecule has 0 saturated heterocycles. The fraction of sp³-hybridized carbons (Fsp3) is 0.278. The molecule has 1 amide bonds. The maximum Gasteiger partial charge on any atom is 0.264 e. The second-order valence-corrected chi connectivity index (χ2v) is 5.33. The van der Waals surface area contributed by atoms with Gasteiger partial charge in [-0.2, -0.15) is 0 Å². The molecule has 108 valence electrons. The second-order valence-electron chi connectivity index (χ2n) is 5.33. The monoisotopic (exact) mass is 281 g/mol. The molecule has 2 aromatic rings. The van der Waals surface area contributed by atoms with Gasteiger partial charge < -0.3 is 9.64 Å². The molecule has 3 heteroatoms. The standard InChI is InChI=1S/C18H19NO2/c1-14-7-5-8-15-9-6-12-19(18(14)15)17(20)13-21-16-10-3-2-4-11-16/h2-5,7-8,10-11H,6,9,12-13H2,1H3. The third-order valence-corrected chi connectivity index (χ3v) is 3.83. The Bertz CT molecular complexity index is 637. The molecule has 0 N–H and O–H groups in total. The van der Waals surface area contributed by atoms with Gasteiger partial charge >= 0.3 is 0 Å². The Kier molecular flexibility index (Phi) is 3.91. The van der Waals surface area contributed by atoms with Gasteiger partial charge in [-0.3, -0.25) is 4.79 Å². The molecule has 2 aromatic carbocycles. The number of nitrogens with zero attached hydrogens (tertiary/aromatic N) is 1. The van der Waals surface area contributed by atoms with Gasteiger partial charge in [-0.25, -0.2) is 0 Å². The molecule has 0 atom stereocenters. The number of hydrogen-bond donors (Lipinski definition) is 0. The predicted molar refractivity (Wildman–Crippen MR) is 83.8 cm³/mol. The summed E-state index contributed by atoms with van der Waals surface area (Å²) in [6.07, 6.45) is 2.05. The molecule has 3 nitrogen and oxygen atoms in total. The number of amides is 1. The Balaban J connectivity index is 1.75. The van der Waals surface area contributed by atoms with Crippen LogP contribution in [-0.2, 0) is 11.2 Å². The summed E-state index contributed by atoms with van der Waals surface area (Å²) in [7, 11) is 0.